The molecule has 4 nitrogen and oxygen atoms in total. The number of aryl methyl sites for hydroxylation is 1. The van der Waals surface area contributed by atoms with E-state index in [1.807, 2.05) is 32.0 Å². The van der Waals surface area contributed by atoms with E-state index < -0.39 is 11.9 Å². The fourth-order valence-corrected chi connectivity index (χ4v) is 1.50. The number of aliphatic carboxylic acids is 1. The summed E-state index contributed by atoms with van der Waals surface area (Å²) in [5, 5.41) is 11.4. The Labute approximate surface area is 101 Å². The monoisotopic (exact) mass is 235 g/mol. The van der Waals surface area contributed by atoms with Gasteiger partial charge in [0.25, 0.3) is 0 Å². The summed E-state index contributed by atoms with van der Waals surface area (Å²) in [5.74, 6) is -1.76. The molecule has 1 atom stereocenters. The van der Waals surface area contributed by atoms with Crippen molar-refractivity contribution in [3.05, 3.63) is 29.3 Å². The molecular weight excluding hydrogens is 218 g/mol. The largest absolute Gasteiger partial charge is 0.481 e. The molecule has 1 aromatic rings. The standard InChI is InChI=1S/C13H17NO3/c1-8-5-4-6-11(10(8)3)14-13(17)9(2)7-12(15)16/h4-6,9H,7H2,1-3H3,(H,14,17)(H,15,16). The van der Waals surface area contributed by atoms with Crippen molar-refractivity contribution in [2.24, 2.45) is 5.92 Å². The maximum atomic E-state index is 11.7. The summed E-state index contributed by atoms with van der Waals surface area (Å²) in [5.41, 5.74) is 2.84. The van der Waals surface area contributed by atoms with E-state index in [4.69, 9.17) is 5.11 Å². The summed E-state index contributed by atoms with van der Waals surface area (Å²) < 4.78 is 0. The lowest BCUT2D eigenvalue weighted by molar-refractivity contribution is -0.139. The molecule has 0 bridgehead atoms. The molecule has 1 amide bonds. The molecule has 4 heteroatoms. The van der Waals surface area contributed by atoms with Crippen molar-refractivity contribution in [1.82, 2.24) is 0 Å². The second-order valence-electron chi connectivity index (χ2n) is 4.24. The minimum Gasteiger partial charge on any atom is -0.481 e. The van der Waals surface area contributed by atoms with Crippen molar-refractivity contribution in [2.75, 3.05) is 5.32 Å². The molecule has 1 aromatic carbocycles. The maximum Gasteiger partial charge on any atom is 0.304 e. The second-order valence-corrected chi connectivity index (χ2v) is 4.24. The normalized spacial score (nSPS) is 11.9. The van der Waals surface area contributed by atoms with Crippen LogP contribution in [0.3, 0.4) is 0 Å². The number of rotatable bonds is 4. The Morgan fingerprint density at radius 1 is 1.35 bits per heavy atom. The fraction of sp³-hybridized carbons (Fsp3) is 0.385. The van der Waals surface area contributed by atoms with Crippen LogP contribution in [-0.2, 0) is 9.59 Å². The van der Waals surface area contributed by atoms with Crippen LogP contribution in [0.4, 0.5) is 5.69 Å². The molecule has 0 aliphatic rings. The van der Waals surface area contributed by atoms with Gasteiger partial charge in [-0.15, -0.1) is 0 Å². The van der Waals surface area contributed by atoms with E-state index in [0.29, 0.717) is 0 Å². The Balaban J connectivity index is 2.74. The van der Waals surface area contributed by atoms with Gasteiger partial charge in [-0.2, -0.15) is 0 Å². The molecule has 0 fully saturated rings. The minimum absolute atomic E-state index is 0.156. The van der Waals surface area contributed by atoms with Gasteiger partial charge in [0, 0.05) is 11.6 Å². The van der Waals surface area contributed by atoms with Crippen LogP contribution in [0.5, 0.6) is 0 Å². The number of carbonyl (C=O) groups excluding carboxylic acids is 1. The molecule has 0 radical (unpaired) electrons. The van der Waals surface area contributed by atoms with Gasteiger partial charge in [-0.1, -0.05) is 19.1 Å². The van der Waals surface area contributed by atoms with Crippen molar-refractivity contribution in [3.63, 3.8) is 0 Å². The van der Waals surface area contributed by atoms with E-state index >= 15 is 0 Å². The van der Waals surface area contributed by atoms with Gasteiger partial charge in [-0.3, -0.25) is 9.59 Å². The molecule has 0 saturated heterocycles. The average Bonchev–Trinajstić information content (AvgIpc) is 2.23. The van der Waals surface area contributed by atoms with Crippen LogP contribution in [0.1, 0.15) is 24.5 Å². The summed E-state index contributed by atoms with van der Waals surface area (Å²) in [6, 6.07) is 5.64. The zero-order chi connectivity index (χ0) is 13.0. The fourth-order valence-electron chi connectivity index (χ4n) is 1.50. The van der Waals surface area contributed by atoms with Crippen molar-refractivity contribution in [2.45, 2.75) is 27.2 Å². The molecule has 0 heterocycles. The molecule has 0 spiro atoms. The molecule has 1 rings (SSSR count). The third-order valence-corrected chi connectivity index (χ3v) is 2.79. The predicted octanol–water partition coefficient (Wildman–Crippen LogP) is 2.35. The average molecular weight is 235 g/mol. The van der Waals surface area contributed by atoms with Gasteiger partial charge in [0.15, 0.2) is 0 Å². The Morgan fingerprint density at radius 3 is 2.59 bits per heavy atom. The van der Waals surface area contributed by atoms with Crippen molar-refractivity contribution in [3.8, 4) is 0 Å². The molecule has 0 aromatic heterocycles. The highest BCUT2D eigenvalue weighted by atomic mass is 16.4. The Hall–Kier alpha value is -1.84. The maximum absolute atomic E-state index is 11.7. The van der Waals surface area contributed by atoms with Crippen LogP contribution in [-0.4, -0.2) is 17.0 Å². The van der Waals surface area contributed by atoms with Gasteiger partial charge in [-0.05, 0) is 31.0 Å². The highest BCUT2D eigenvalue weighted by molar-refractivity contribution is 5.94. The molecule has 2 N–H and O–H groups in total. The lowest BCUT2D eigenvalue weighted by Crippen LogP contribution is -2.23. The number of carboxylic acid groups (broad SMARTS) is 1. The Morgan fingerprint density at radius 2 is 2.00 bits per heavy atom. The number of amides is 1. The van der Waals surface area contributed by atoms with E-state index in [-0.39, 0.29) is 12.3 Å². The van der Waals surface area contributed by atoms with Crippen molar-refractivity contribution in [1.29, 1.82) is 0 Å². The Bertz CT molecular complexity index is 440. The van der Waals surface area contributed by atoms with Crippen LogP contribution in [0.2, 0.25) is 0 Å². The molecule has 0 saturated carbocycles. The number of carbonyl (C=O) groups is 2. The number of hydrogen-bond donors (Lipinski definition) is 2. The smallest absolute Gasteiger partial charge is 0.304 e. The summed E-state index contributed by atoms with van der Waals surface area (Å²) >= 11 is 0. The van der Waals surface area contributed by atoms with E-state index in [0.717, 1.165) is 16.8 Å². The number of hydrogen-bond acceptors (Lipinski definition) is 2. The lowest BCUT2D eigenvalue weighted by Gasteiger charge is -2.13. The lowest BCUT2D eigenvalue weighted by atomic mass is 10.1. The quantitative estimate of drug-likeness (QED) is 0.841. The first-order chi connectivity index (χ1) is 7.91. The zero-order valence-electron chi connectivity index (χ0n) is 10.3. The summed E-state index contributed by atoms with van der Waals surface area (Å²) in [6.07, 6.45) is -0.156. The van der Waals surface area contributed by atoms with Gasteiger partial charge >= 0.3 is 5.97 Å². The van der Waals surface area contributed by atoms with E-state index in [1.165, 1.54) is 0 Å². The molecule has 1 unspecified atom stereocenters. The van der Waals surface area contributed by atoms with Gasteiger partial charge in [0.1, 0.15) is 0 Å². The van der Waals surface area contributed by atoms with Gasteiger partial charge in [-0.25, -0.2) is 0 Å². The summed E-state index contributed by atoms with van der Waals surface area (Å²) in [6.45, 7) is 5.49. The number of carboxylic acids is 1. The summed E-state index contributed by atoms with van der Waals surface area (Å²) in [7, 11) is 0. The minimum atomic E-state index is -0.964. The second kappa shape index (κ2) is 5.48. The number of anilines is 1. The molecule has 17 heavy (non-hydrogen) atoms. The SMILES string of the molecule is Cc1cccc(NC(=O)C(C)CC(=O)O)c1C. The van der Waals surface area contributed by atoms with Gasteiger partial charge < -0.3 is 10.4 Å². The molecule has 0 aliphatic heterocycles. The zero-order valence-corrected chi connectivity index (χ0v) is 10.3. The molecule has 92 valence electrons. The van der Waals surface area contributed by atoms with Crippen LogP contribution >= 0.6 is 0 Å². The number of benzene rings is 1. The van der Waals surface area contributed by atoms with Gasteiger partial charge in [0.2, 0.25) is 5.91 Å². The van der Waals surface area contributed by atoms with Crippen LogP contribution < -0.4 is 5.32 Å². The summed E-state index contributed by atoms with van der Waals surface area (Å²) in [4.78, 5) is 22.2. The third kappa shape index (κ3) is 3.59. The van der Waals surface area contributed by atoms with Gasteiger partial charge in [0.05, 0.1) is 6.42 Å². The number of nitrogens with one attached hydrogen (secondary N) is 1. The molecular formula is C13H17NO3. The molecule has 0 aliphatic carbocycles. The topological polar surface area (TPSA) is 66.4 Å². The first-order valence-corrected chi connectivity index (χ1v) is 5.50. The third-order valence-electron chi connectivity index (χ3n) is 2.79. The Kier molecular flexibility index (Phi) is 4.26. The van der Waals surface area contributed by atoms with Crippen LogP contribution in [0.25, 0.3) is 0 Å². The van der Waals surface area contributed by atoms with Crippen LogP contribution in [0, 0.1) is 19.8 Å². The van der Waals surface area contributed by atoms with Crippen molar-refractivity contribution < 1.29 is 14.7 Å². The van der Waals surface area contributed by atoms with E-state index in [2.05, 4.69) is 5.32 Å². The highest BCUT2D eigenvalue weighted by Gasteiger charge is 2.17. The van der Waals surface area contributed by atoms with Crippen molar-refractivity contribution >= 4 is 17.6 Å². The first kappa shape index (κ1) is 13.2. The van der Waals surface area contributed by atoms with E-state index in [1.54, 1.807) is 6.92 Å². The van der Waals surface area contributed by atoms with E-state index in [9.17, 15) is 9.59 Å². The predicted molar refractivity (Wildman–Crippen MR) is 66.0 cm³/mol. The first-order valence-electron chi connectivity index (χ1n) is 5.50. The highest BCUT2D eigenvalue weighted by Crippen LogP contribution is 2.19. The van der Waals surface area contributed by atoms with Crippen LogP contribution in [0.15, 0.2) is 18.2 Å².